The zero-order chi connectivity index (χ0) is 25.5. The topological polar surface area (TPSA) is 107 Å². The van der Waals surface area contributed by atoms with E-state index in [-0.39, 0.29) is 30.5 Å². The third kappa shape index (κ3) is 7.57. The van der Waals surface area contributed by atoms with Gasteiger partial charge in [-0.25, -0.2) is 9.59 Å². The third-order valence-corrected chi connectivity index (χ3v) is 8.12. The maximum Gasteiger partial charge on any atom is 0.410 e. The van der Waals surface area contributed by atoms with Gasteiger partial charge in [0.05, 0.1) is 21.5 Å². The van der Waals surface area contributed by atoms with E-state index in [0.29, 0.717) is 38.6 Å². The number of rotatable bonds is 8. The van der Waals surface area contributed by atoms with E-state index < -0.39 is 12.1 Å². The highest BCUT2D eigenvalue weighted by molar-refractivity contribution is 8.14. The largest absolute Gasteiger partial charge is 0.444 e. The van der Waals surface area contributed by atoms with Crippen molar-refractivity contribution >= 4 is 46.2 Å². The lowest BCUT2D eigenvalue weighted by Gasteiger charge is -2.37. The van der Waals surface area contributed by atoms with Crippen LogP contribution in [0.5, 0.6) is 0 Å². The molecule has 0 aliphatic carbocycles. The number of aliphatic imine (C=N–C) groups is 1. The van der Waals surface area contributed by atoms with Gasteiger partial charge in [0.15, 0.2) is 0 Å². The van der Waals surface area contributed by atoms with Crippen LogP contribution in [0.4, 0.5) is 9.59 Å². The summed E-state index contributed by atoms with van der Waals surface area (Å²) >= 11 is 3.18. The van der Waals surface area contributed by atoms with Crippen LogP contribution in [0.15, 0.2) is 16.7 Å². The van der Waals surface area contributed by atoms with Crippen molar-refractivity contribution in [2.24, 2.45) is 16.8 Å². The second-order valence-corrected chi connectivity index (χ2v) is 11.5. The number of nitrogens with zero attached hydrogens (tertiary/aromatic N) is 5. The first-order valence-corrected chi connectivity index (χ1v) is 13.8. The Labute approximate surface area is 215 Å². The first-order chi connectivity index (χ1) is 16.7. The third-order valence-electron chi connectivity index (χ3n) is 5.94. The summed E-state index contributed by atoms with van der Waals surface area (Å²) < 4.78 is 5.34. The van der Waals surface area contributed by atoms with Gasteiger partial charge in [0, 0.05) is 57.6 Å². The summed E-state index contributed by atoms with van der Waals surface area (Å²) in [5.41, 5.74) is 1.69. The lowest BCUT2D eigenvalue weighted by atomic mass is 10.0. The number of urea groups is 1. The minimum atomic E-state index is -0.637. The Morgan fingerprint density at radius 1 is 1.17 bits per heavy atom. The van der Waals surface area contributed by atoms with Crippen LogP contribution in [0.1, 0.15) is 32.6 Å². The van der Waals surface area contributed by atoms with Gasteiger partial charge in [0.25, 0.3) is 0 Å². The maximum atomic E-state index is 13.2. The number of carbonyl (C=O) groups excluding carboxylic acids is 3. The van der Waals surface area contributed by atoms with Crippen molar-refractivity contribution in [3.05, 3.63) is 16.6 Å². The second-order valence-electron chi connectivity index (χ2n) is 9.47. The molecule has 1 aromatic rings. The van der Waals surface area contributed by atoms with Gasteiger partial charge in [-0.15, -0.1) is 23.1 Å². The summed E-state index contributed by atoms with van der Waals surface area (Å²) in [6.45, 7) is 10.4. The van der Waals surface area contributed by atoms with Crippen molar-refractivity contribution < 1.29 is 19.1 Å². The molecule has 12 heteroatoms. The number of thioether (sulfide) groups is 1. The lowest BCUT2D eigenvalue weighted by Crippen LogP contribution is -2.58. The van der Waals surface area contributed by atoms with Crippen LogP contribution in [0, 0.1) is 11.8 Å². The molecule has 3 rings (SSSR count). The quantitative estimate of drug-likeness (QED) is 0.560. The van der Waals surface area contributed by atoms with Crippen LogP contribution in [0.3, 0.4) is 0 Å². The molecule has 2 aliphatic rings. The number of ether oxygens (including phenoxy) is 1. The zero-order valence-electron chi connectivity index (χ0n) is 21.1. The molecule has 0 bridgehead atoms. The van der Waals surface area contributed by atoms with Crippen molar-refractivity contribution in [3.8, 4) is 0 Å². The van der Waals surface area contributed by atoms with Crippen molar-refractivity contribution in [2.75, 3.05) is 45.5 Å². The van der Waals surface area contributed by atoms with Gasteiger partial charge in [-0.1, -0.05) is 27.7 Å². The van der Waals surface area contributed by atoms with Gasteiger partial charge < -0.3 is 24.8 Å². The van der Waals surface area contributed by atoms with E-state index in [1.54, 1.807) is 45.2 Å². The average molecular weight is 525 g/mol. The number of amides is 4. The van der Waals surface area contributed by atoms with Gasteiger partial charge >= 0.3 is 12.1 Å². The number of hydrogen-bond donors (Lipinski definition) is 1. The Morgan fingerprint density at radius 3 is 2.43 bits per heavy atom. The van der Waals surface area contributed by atoms with Crippen LogP contribution in [-0.2, 0) is 16.1 Å². The molecule has 194 valence electrons. The molecule has 10 nitrogen and oxygen atoms in total. The molecule has 3 heterocycles. The van der Waals surface area contributed by atoms with Crippen molar-refractivity contribution in [3.63, 3.8) is 0 Å². The summed E-state index contributed by atoms with van der Waals surface area (Å²) in [5.74, 6) is 1.06. The number of nitrogens with one attached hydrogen (secondary N) is 1. The van der Waals surface area contributed by atoms with Gasteiger partial charge in [-0.05, 0) is 5.92 Å². The standard InChI is InChI=1S/C23H36N6O4S2/c1-15(2)19(26-22(31)27(5)11-17-13-34-20(25-17)16(3)4)21(30)28-6-8-29(9-7-28)23(32)33-12-18-10-24-14-35-18/h10,14-17,19H,6-9,11-13H2,1-5H3,(H,26,31). The minimum absolute atomic E-state index is 0.0742. The Morgan fingerprint density at radius 2 is 1.86 bits per heavy atom. The molecule has 1 fully saturated rings. The van der Waals surface area contributed by atoms with E-state index in [1.165, 1.54) is 11.3 Å². The molecule has 0 spiro atoms. The summed E-state index contributed by atoms with van der Waals surface area (Å²) in [7, 11) is 1.74. The minimum Gasteiger partial charge on any atom is -0.444 e. The first-order valence-electron chi connectivity index (χ1n) is 12.0. The molecule has 0 saturated carbocycles. The number of hydrogen-bond acceptors (Lipinski definition) is 8. The van der Waals surface area contributed by atoms with Crippen molar-refractivity contribution in [1.82, 2.24) is 25.0 Å². The van der Waals surface area contributed by atoms with E-state index in [9.17, 15) is 14.4 Å². The van der Waals surface area contributed by atoms with Crippen LogP contribution in [-0.4, -0.2) is 100 Å². The highest BCUT2D eigenvalue weighted by Gasteiger charge is 2.33. The summed E-state index contributed by atoms with van der Waals surface area (Å²) in [6, 6.07) is -0.840. The van der Waals surface area contributed by atoms with Gasteiger partial charge in [0.2, 0.25) is 5.91 Å². The molecular formula is C23H36N6O4S2. The molecule has 1 saturated heterocycles. The van der Waals surface area contributed by atoms with Crippen LogP contribution in [0.25, 0.3) is 0 Å². The van der Waals surface area contributed by atoms with E-state index >= 15 is 0 Å². The van der Waals surface area contributed by atoms with Crippen molar-refractivity contribution in [1.29, 1.82) is 0 Å². The highest BCUT2D eigenvalue weighted by Crippen LogP contribution is 2.23. The fourth-order valence-electron chi connectivity index (χ4n) is 3.84. The molecule has 0 radical (unpaired) electrons. The molecule has 2 aliphatic heterocycles. The fraction of sp³-hybridized carbons (Fsp3) is 0.696. The molecule has 1 N–H and O–H groups in total. The van der Waals surface area contributed by atoms with Crippen LogP contribution in [0.2, 0.25) is 0 Å². The second kappa shape index (κ2) is 12.6. The Kier molecular flexibility index (Phi) is 9.79. The highest BCUT2D eigenvalue weighted by atomic mass is 32.2. The molecule has 2 atom stereocenters. The van der Waals surface area contributed by atoms with Gasteiger partial charge in [-0.2, -0.15) is 0 Å². The molecule has 2 unspecified atom stereocenters. The average Bonchev–Trinajstić information content (AvgIpc) is 3.52. The Bertz CT molecular complexity index is 900. The first kappa shape index (κ1) is 27.3. The smallest absolute Gasteiger partial charge is 0.410 e. The van der Waals surface area contributed by atoms with Crippen LogP contribution < -0.4 is 5.32 Å². The normalized spacial score (nSPS) is 19.1. The molecular weight excluding hydrogens is 488 g/mol. The predicted molar refractivity (Wildman–Crippen MR) is 139 cm³/mol. The molecule has 35 heavy (non-hydrogen) atoms. The Balaban J connectivity index is 1.47. The summed E-state index contributed by atoms with van der Waals surface area (Å²) in [6.07, 6.45) is 1.28. The monoisotopic (exact) mass is 524 g/mol. The maximum absolute atomic E-state index is 13.2. The van der Waals surface area contributed by atoms with E-state index in [1.807, 2.05) is 13.8 Å². The molecule has 4 amide bonds. The zero-order valence-corrected chi connectivity index (χ0v) is 22.7. The van der Waals surface area contributed by atoms with Gasteiger partial charge in [-0.3, -0.25) is 14.8 Å². The lowest BCUT2D eigenvalue weighted by molar-refractivity contribution is -0.136. The number of carbonyl (C=O) groups is 3. The molecule has 1 aromatic heterocycles. The fourth-order valence-corrected chi connectivity index (χ4v) is 5.45. The van der Waals surface area contributed by atoms with Crippen LogP contribution >= 0.6 is 23.1 Å². The predicted octanol–water partition coefficient (Wildman–Crippen LogP) is 2.76. The van der Waals surface area contributed by atoms with Gasteiger partial charge in [0.1, 0.15) is 12.6 Å². The number of likely N-dealkylation sites (N-methyl/N-ethyl adjacent to an activating group) is 1. The Hall–Kier alpha value is -2.34. The number of piperazine rings is 1. The van der Waals surface area contributed by atoms with E-state index in [4.69, 9.17) is 9.73 Å². The molecule has 0 aromatic carbocycles. The summed E-state index contributed by atoms with van der Waals surface area (Å²) in [5, 5.41) is 4.05. The van der Waals surface area contributed by atoms with E-state index in [0.717, 1.165) is 15.7 Å². The SMILES string of the molecule is CC(C)C1=NC(CN(C)C(=O)NC(C(=O)N2CCN(C(=O)OCc3cncs3)CC2)C(C)C)CS1. The summed E-state index contributed by atoms with van der Waals surface area (Å²) in [4.78, 5) is 53.0. The van der Waals surface area contributed by atoms with Crippen molar-refractivity contribution in [2.45, 2.75) is 46.4 Å². The van der Waals surface area contributed by atoms with E-state index in [2.05, 4.69) is 24.1 Å². The number of aromatic nitrogens is 1. The number of thiazole rings is 1.